The van der Waals surface area contributed by atoms with Gasteiger partial charge in [-0.2, -0.15) is 4.90 Å². The van der Waals surface area contributed by atoms with E-state index in [0.29, 0.717) is 0 Å². The first kappa shape index (κ1) is 25.2. The molecule has 15 heavy (non-hydrogen) atoms. The van der Waals surface area contributed by atoms with Gasteiger partial charge in [-0.05, 0) is 6.92 Å². The molecule has 0 aromatic rings. The van der Waals surface area contributed by atoms with Crippen molar-refractivity contribution in [2.24, 2.45) is 0 Å². The summed E-state index contributed by atoms with van der Waals surface area (Å²) in [5.41, 5.74) is 0. The van der Waals surface area contributed by atoms with E-state index in [1.807, 2.05) is 0 Å². The number of aliphatic carboxylic acids is 1. The Morgan fingerprint density at radius 2 is 1.20 bits per heavy atom. The molecule has 3 N–H and O–H groups in total. The molecule has 0 aliphatic carbocycles. The van der Waals surface area contributed by atoms with Crippen LogP contribution < -0.4 is 0 Å². The van der Waals surface area contributed by atoms with Gasteiger partial charge < -0.3 is 15.3 Å². The molecule has 0 saturated heterocycles. The molecule has 0 aromatic heterocycles. The molecule has 0 heterocycles. The summed E-state index contributed by atoms with van der Waals surface area (Å²) in [6.45, 7) is 0.963. The third kappa shape index (κ3) is 8.96. The van der Waals surface area contributed by atoms with Crippen LogP contribution in [0.3, 0.4) is 0 Å². The molecule has 0 unspecified atom stereocenters. The van der Waals surface area contributed by atoms with E-state index in [0.717, 1.165) is 6.92 Å². The first-order valence-electron chi connectivity index (χ1n) is 2.85. The summed E-state index contributed by atoms with van der Waals surface area (Å²) in [6, 6.07) is -1.60. The Hall–Kier alpha value is 1.21. The number of imide groups is 1. The van der Waals surface area contributed by atoms with Crippen LogP contribution in [0.4, 0.5) is 9.59 Å². The molecule has 0 bridgehead atoms. The Bertz CT molecular complexity index is 221. The van der Waals surface area contributed by atoms with E-state index >= 15 is 0 Å². The Morgan fingerprint density at radius 1 is 0.933 bits per heavy atom. The molecule has 0 saturated carbocycles. The fraction of sp³-hybridized carbons (Fsp3) is 0.400. The molecule has 0 radical (unpaired) electrons. The van der Waals surface area contributed by atoms with Gasteiger partial charge in [0.1, 0.15) is 6.04 Å². The molecule has 0 rings (SSSR count). The molecule has 7 nitrogen and oxygen atoms in total. The average Bonchev–Trinajstić information content (AvgIpc) is 1.85. The first-order chi connectivity index (χ1) is 5.37. The molecule has 10 heteroatoms. The van der Waals surface area contributed by atoms with Gasteiger partial charge in [-0.1, -0.05) is 0 Å². The van der Waals surface area contributed by atoms with Gasteiger partial charge in [0.2, 0.25) is 0 Å². The number of hydrogen-bond acceptors (Lipinski definition) is 3. The van der Waals surface area contributed by atoms with E-state index in [2.05, 4.69) is 0 Å². The molecular weight excluding hydrogens is 239 g/mol. The van der Waals surface area contributed by atoms with Crippen molar-refractivity contribution in [3.63, 3.8) is 0 Å². The maximum absolute atomic E-state index is 10.2. The number of amides is 2. The van der Waals surface area contributed by atoms with E-state index in [1.165, 1.54) is 0 Å². The minimum atomic E-state index is -1.81. The van der Waals surface area contributed by atoms with Crippen LogP contribution in [0.15, 0.2) is 0 Å². The second-order valence-electron chi connectivity index (χ2n) is 1.95. The van der Waals surface area contributed by atoms with Crippen molar-refractivity contribution in [3.05, 3.63) is 0 Å². The SMILES string of the molecule is C[C@@H](C(=O)O)N(C(=O)O)C(=O)O.[NaH].[NaH].[NaH]. The number of carbonyl (C=O) groups is 3. The zero-order valence-corrected chi connectivity index (χ0v) is 6.09. The summed E-state index contributed by atoms with van der Waals surface area (Å²) in [5, 5.41) is 24.8. The maximum atomic E-state index is 10.2. The van der Waals surface area contributed by atoms with E-state index in [4.69, 9.17) is 15.3 Å². The van der Waals surface area contributed by atoms with Crippen molar-refractivity contribution < 1.29 is 29.7 Å². The standard InChI is InChI=1S/C5H7NO6.3Na.3H/c1-2(3(7)8)6(4(9)10)5(11)12;;;;;;/h2H,1H3,(H,7,8)(H,9,10)(H,11,12);;;;;;/t2-;;;;;;/m0....../s1. The number of carboxylic acids is 1. The Balaban J connectivity index is -0.000000202. The fourth-order valence-corrected chi connectivity index (χ4v) is 0.524. The molecular formula is C5H10NNa3O6. The summed E-state index contributed by atoms with van der Waals surface area (Å²) in [5.74, 6) is -1.51. The number of hydrogen-bond donors (Lipinski definition) is 3. The molecule has 0 aliphatic heterocycles. The third-order valence-corrected chi connectivity index (χ3v) is 1.16. The van der Waals surface area contributed by atoms with Gasteiger partial charge in [0.25, 0.3) is 0 Å². The quantitative estimate of drug-likeness (QED) is 0.496. The van der Waals surface area contributed by atoms with Crippen molar-refractivity contribution in [2.45, 2.75) is 13.0 Å². The summed E-state index contributed by atoms with van der Waals surface area (Å²) in [6.07, 6.45) is -3.62. The molecule has 2 amide bonds. The van der Waals surface area contributed by atoms with Crippen LogP contribution in [0.25, 0.3) is 0 Å². The summed E-state index contributed by atoms with van der Waals surface area (Å²) in [7, 11) is 0. The van der Waals surface area contributed by atoms with E-state index in [9.17, 15) is 14.4 Å². The normalized spacial score (nSPS) is 9.40. The van der Waals surface area contributed by atoms with Crippen molar-refractivity contribution in [1.29, 1.82) is 0 Å². The van der Waals surface area contributed by atoms with E-state index in [-0.39, 0.29) is 93.6 Å². The average molecular weight is 249 g/mol. The summed E-state index contributed by atoms with van der Waals surface area (Å²) >= 11 is 0. The minimum absolute atomic E-state index is 0. The van der Waals surface area contributed by atoms with Crippen molar-refractivity contribution in [2.75, 3.05) is 0 Å². The Labute approximate surface area is 152 Å². The third-order valence-electron chi connectivity index (χ3n) is 1.16. The topological polar surface area (TPSA) is 115 Å². The van der Waals surface area contributed by atoms with Crippen LogP contribution in [0.5, 0.6) is 0 Å². The van der Waals surface area contributed by atoms with Crippen LogP contribution in [0.2, 0.25) is 0 Å². The van der Waals surface area contributed by atoms with Crippen LogP contribution in [-0.2, 0) is 4.79 Å². The van der Waals surface area contributed by atoms with Gasteiger partial charge >= 0.3 is 107 Å². The van der Waals surface area contributed by atoms with Crippen molar-refractivity contribution in [1.82, 2.24) is 4.90 Å². The zero-order valence-electron chi connectivity index (χ0n) is 6.09. The van der Waals surface area contributed by atoms with Gasteiger partial charge in [-0.25, -0.2) is 14.4 Å². The second-order valence-corrected chi connectivity index (χ2v) is 1.95. The summed E-state index contributed by atoms with van der Waals surface area (Å²) in [4.78, 5) is 30.3. The number of rotatable bonds is 2. The van der Waals surface area contributed by atoms with Crippen molar-refractivity contribution in [3.8, 4) is 0 Å². The molecule has 1 atom stereocenters. The van der Waals surface area contributed by atoms with Gasteiger partial charge in [0.05, 0.1) is 0 Å². The second kappa shape index (κ2) is 11.7. The first-order valence-corrected chi connectivity index (χ1v) is 2.85. The monoisotopic (exact) mass is 249 g/mol. The predicted molar refractivity (Wildman–Crippen MR) is 56.4 cm³/mol. The zero-order chi connectivity index (χ0) is 9.89. The molecule has 0 spiro atoms. The van der Waals surface area contributed by atoms with E-state index < -0.39 is 24.2 Å². The van der Waals surface area contributed by atoms with Gasteiger partial charge in [-0.15, -0.1) is 0 Å². The Kier molecular flexibility index (Phi) is 19.6. The fourth-order valence-electron chi connectivity index (χ4n) is 0.524. The van der Waals surface area contributed by atoms with Gasteiger partial charge in [-0.3, -0.25) is 0 Å². The van der Waals surface area contributed by atoms with E-state index in [1.54, 1.807) is 0 Å². The van der Waals surface area contributed by atoms with Crippen LogP contribution in [0.1, 0.15) is 6.92 Å². The molecule has 0 fully saturated rings. The molecule has 74 valence electrons. The molecule has 0 aromatic carbocycles. The summed E-state index contributed by atoms with van der Waals surface area (Å²) < 4.78 is 0. The van der Waals surface area contributed by atoms with Crippen molar-refractivity contribution >= 4 is 107 Å². The van der Waals surface area contributed by atoms with Crippen LogP contribution in [-0.4, -0.2) is 133 Å². The number of carboxylic acid groups (broad SMARTS) is 3. The van der Waals surface area contributed by atoms with Gasteiger partial charge in [0.15, 0.2) is 0 Å². The molecule has 0 aliphatic rings. The predicted octanol–water partition coefficient (Wildman–Crippen LogP) is -1.83. The van der Waals surface area contributed by atoms with Crippen LogP contribution >= 0.6 is 0 Å². The Morgan fingerprint density at radius 3 is 1.27 bits per heavy atom. The number of nitrogens with zero attached hydrogens (tertiary/aromatic N) is 1. The van der Waals surface area contributed by atoms with Crippen LogP contribution in [0, 0.1) is 0 Å². The van der Waals surface area contributed by atoms with Gasteiger partial charge in [0, 0.05) is 0 Å².